The summed E-state index contributed by atoms with van der Waals surface area (Å²) in [6.07, 6.45) is 0. The van der Waals surface area contributed by atoms with Crippen LogP contribution in [-0.4, -0.2) is 22.0 Å². The monoisotopic (exact) mass is 210 g/mol. The normalized spacial score (nSPS) is 9.40. The summed E-state index contributed by atoms with van der Waals surface area (Å²) in [6.45, 7) is 1.21. The zero-order valence-electron chi connectivity index (χ0n) is 7.94. The molecule has 0 atom stereocenters. The number of carbonyl (C=O) groups excluding carboxylic acids is 2. The Labute approximate surface area is 85.5 Å². The van der Waals surface area contributed by atoms with E-state index in [1.54, 1.807) is 0 Å². The Morgan fingerprint density at radius 3 is 2.13 bits per heavy atom. The zero-order chi connectivity index (χ0) is 11.4. The van der Waals surface area contributed by atoms with Gasteiger partial charge in [-0.15, -0.1) is 0 Å². The van der Waals surface area contributed by atoms with Gasteiger partial charge < -0.3 is 10.2 Å². The molecule has 0 aromatic heterocycles. The number of aromatic hydroxyl groups is 2. The summed E-state index contributed by atoms with van der Waals surface area (Å²) in [7, 11) is 0. The lowest BCUT2D eigenvalue weighted by Crippen LogP contribution is -2.40. The molecule has 0 radical (unpaired) electrons. The smallest absolute Gasteiger partial charge is 0.277 e. The van der Waals surface area contributed by atoms with Gasteiger partial charge in [0.25, 0.3) is 5.91 Å². The Balaban J connectivity index is 2.86. The molecule has 0 aliphatic carbocycles. The average Bonchev–Trinajstić information content (AvgIpc) is 2.14. The molecule has 4 N–H and O–H groups in total. The molecule has 0 saturated heterocycles. The second-order valence-electron chi connectivity index (χ2n) is 2.81. The molecule has 2 amide bonds. The van der Waals surface area contributed by atoms with Crippen molar-refractivity contribution in [3.05, 3.63) is 23.8 Å². The Morgan fingerprint density at radius 1 is 1.13 bits per heavy atom. The van der Waals surface area contributed by atoms with Crippen LogP contribution in [0.5, 0.6) is 11.5 Å². The molecule has 0 unspecified atom stereocenters. The van der Waals surface area contributed by atoms with Crippen molar-refractivity contribution in [2.24, 2.45) is 0 Å². The number of hydrogen-bond acceptors (Lipinski definition) is 4. The highest BCUT2D eigenvalue weighted by Crippen LogP contribution is 2.25. The number of hydrogen-bond donors (Lipinski definition) is 4. The molecule has 1 rings (SSSR count). The fourth-order valence-electron chi connectivity index (χ4n) is 0.968. The lowest BCUT2D eigenvalue weighted by atomic mass is 10.1. The maximum atomic E-state index is 11.3. The van der Waals surface area contributed by atoms with Gasteiger partial charge in [0.1, 0.15) is 17.1 Å². The number of amides is 2. The molecule has 0 spiro atoms. The van der Waals surface area contributed by atoms with Crippen LogP contribution in [0.25, 0.3) is 0 Å². The van der Waals surface area contributed by atoms with Crippen LogP contribution in [-0.2, 0) is 4.79 Å². The Kier molecular flexibility index (Phi) is 3.12. The lowest BCUT2D eigenvalue weighted by Gasteiger charge is -2.07. The minimum atomic E-state index is -0.791. The summed E-state index contributed by atoms with van der Waals surface area (Å²) >= 11 is 0. The SMILES string of the molecule is CC(=O)NNC(=O)c1c(O)cccc1O. The quantitative estimate of drug-likeness (QED) is 0.485. The molecule has 1 aromatic rings. The predicted molar refractivity (Wildman–Crippen MR) is 51.1 cm³/mol. The van der Waals surface area contributed by atoms with Crippen molar-refractivity contribution in [2.45, 2.75) is 6.92 Å². The van der Waals surface area contributed by atoms with Crippen LogP contribution < -0.4 is 10.9 Å². The largest absolute Gasteiger partial charge is 0.507 e. The van der Waals surface area contributed by atoms with Crippen molar-refractivity contribution in [2.75, 3.05) is 0 Å². The van der Waals surface area contributed by atoms with E-state index in [0.717, 1.165) is 0 Å². The van der Waals surface area contributed by atoms with Gasteiger partial charge in [-0.25, -0.2) is 0 Å². The molecule has 0 heterocycles. The minimum Gasteiger partial charge on any atom is -0.507 e. The topological polar surface area (TPSA) is 98.7 Å². The predicted octanol–water partition coefficient (Wildman–Crippen LogP) is -0.121. The molecule has 0 saturated carbocycles. The molecule has 0 bridgehead atoms. The fraction of sp³-hybridized carbons (Fsp3) is 0.111. The van der Waals surface area contributed by atoms with E-state index in [-0.39, 0.29) is 17.1 Å². The maximum absolute atomic E-state index is 11.3. The van der Waals surface area contributed by atoms with Crippen LogP contribution in [0, 0.1) is 0 Å². The van der Waals surface area contributed by atoms with E-state index in [9.17, 15) is 19.8 Å². The van der Waals surface area contributed by atoms with Gasteiger partial charge in [-0.3, -0.25) is 20.4 Å². The molecule has 0 aliphatic rings. The lowest BCUT2D eigenvalue weighted by molar-refractivity contribution is -0.119. The molecule has 0 aliphatic heterocycles. The van der Waals surface area contributed by atoms with E-state index in [2.05, 4.69) is 0 Å². The van der Waals surface area contributed by atoms with Gasteiger partial charge in [-0.05, 0) is 12.1 Å². The molecular formula is C9H10N2O4. The highest BCUT2D eigenvalue weighted by atomic mass is 16.3. The number of hydrazine groups is 1. The first-order valence-electron chi connectivity index (χ1n) is 4.10. The van der Waals surface area contributed by atoms with E-state index in [0.29, 0.717) is 0 Å². The second-order valence-corrected chi connectivity index (χ2v) is 2.81. The van der Waals surface area contributed by atoms with Crippen molar-refractivity contribution in [3.63, 3.8) is 0 Å². The number of phenolic OH excluding ortho intramolecular Hbond substituents is 2. The van der Waals surface area contributed by atoms with Crippen molar-refractivity contribution >= 4 is 11.8 Å². The Bertz CT molecular complexity index is 383. The standard InChI is InChI=1S/C9H10N2O4/c1-5(12)10-11-9(15)8-6(13)3-2-4-7(8)14/h2-4,13-14H,1H3,(H,10,12)(H,11,15). The van der Waals surface area contributed by atoms with Crippen LogP contribution in [0.3, 0.4) is 0 Å². The van der Waals surface area contributed by atoms with Gasteiger partial charge in [0, 0.05) is 6.92 Å². The third-order valence-corrected chi connectivity index (χ3v) is 1.60. The number of carbonyl (C=O) groups is 2. The molecule has 0 fully saturated rings. The average molecular weight is 210 g/mol. The Morgan fingerprint density at radius 2 is 1.67 bits per heavy atom. The van der Waals surface area contributed by atoms with E-state index in [4.69, 9.17) is 0 Å². The van der Waals surface area contributed by atoms with E-state index < -0.39 is 11.8 Å². The van der Waals surface area contributed by atoms with E-state index in [1.807, 2.05) is 10.9 Å². The van der Waals surface area contributed by atoms with Crippen LogP contribution in [0.4, 0.5) is 0 Å². The van der Waals surface area contributed by atoms with Crippen molar-refractivity contribution < 1.29 is 19.8 Å². The third-order valence-electron chi connectivity index (χ3n) is 1.60. The molecule has 6 heteroatoms. The van der Waals surface area contributed by atoms with Gasteiger partial charge in [0.2, 0.25) is 5.91 Å². The van der Waals surface area contributed by atoms with Gasteiger partial charge in [0.15, 0.2) is 0 Å². The van der Waals surface area contributed by atoms with Crippen molar-refractivity contribution in [1.29, 1.82) is 0 Å². The summed E-state index contributed by atoms with van der Waals surface area (Å²) in [6, 6.07) is 3.89. The summed E-state index contributed by atoms with van der Waals surface area (Å²) in [5.41, 5.74) is 3.77. The second kappa shape index (κ2) is 4.32. The van der Waals surface area contributed by atoms with Gasteiger partial charge in [-0.2, -0.15) is 0 Å². The Hall–Kier alpha value is -2.24. The van der Waals surface area contributed by atoms with E-state index >= 15 is 0 Å². The molecule has 15 heavy (non-hydrogen) atoms. The number of rotatable bonds is 1. The summed E-state index contributed by atoms with van der Waals surface area (Å²) in [4.78, 5) is 21.8. The van der Waals surface area contributed by atoms with Crippen LogP contribution in [0.1, 0.15) is 17.3 Å². The summed E-state index contributed by atoms with van der Waals surface area (Å²) < 4.78 is 0. The molecule has 1 aromatic carbocycles. The van der Waals surface area contributed by atoms with Crippen LogP contribution in [0.15, 0.2) is 18.2 Å². The highest BCUT2D eigenvalue weighted by Gasteiger charge is 2.15. The molecule has 80 valence electrons. The van der Waals surface area contributed by atoms with Gasteiger partial charge in [-0.1, -0.05) is 6.07 Å². The van der Waals surface area contributed by atoms with Crippen molar-refractivity contribution in [3.8, 4) is 11.5 Å². The van der Waals surface area contributed by atoms with E-state index in [1.165, 1.54) is 25.1 Å². The van der Waals surface area contributed by atoms with Gasteiger partial charge >= 0.3 is 0 Å². The van der Waals surface area contributed by atoms with Crippen LogP contribution >= 0.6 is 0 Å². The summed E-state index contributed by atoms with van der Waals surface area (Å²) in [5.74, 6) is -1.98. The molecular weight excluding hydrogens is 200 g/mol. The number of phenols is 2. The first kappa shape index (κ1) is 10.8. The number of nitrogens with one attached hydrogen (secondary N) is 2. The maximum Gasteiger partial charge on any atom is 0.277 e. The first-order chi connectivity index (χ1) is 7.02. The highest BCUT2D eigenvalue weighted by molar-refractivity contribution is 6.00. The fourth-order valence-corrected chi connectivity index (χ4v) is 0.968. The number of benzene rings is 1. The van der Waals surface area contributed by atoms with Crippen LogP contribution in [0.2, 0.25) is 0 Å². The third kappa shape index (κ3) is 2.60. The zero-order valence-corrected chi connectivity index (χ0v) is 7.94. The first-order valence-corrected chi connectivity index (χ1v) is 4.10. The molecule has 6 nitrogen and oxygen atoms in total. The summed E-state index contributed by atoms with van der Waals surface area (Å²) in [5, 5.41) is 18.6. The minimum absolute atomic E-state index is 0.286. The van der Waals surface area contributed by atoms with Crippen molar-refractivity contribution in [1.82, 2.24) is 10.9 Å². The van der Waals surface area contributed by atoms with Gasteiger partial charge in [0.05, 0.1) is 0 Å².